The van der Waals surface area contributed by atoms with E-state index in [2.05, 4.69) is 0 Å². The minimum atomic E-state index is -0.897. The van der Waals surface area contributed by atoms with Crippen molar-refractivity contribution in [3.63, 3.8) is 0 Å². The molecular weight excluding hydrogens is 198 g/mol. The zero-order valence-corrected chi connectivity index (χ0v) is 9.69. The van der Waals surface area contributed by atoms with Gasteiger partial charge in [0.05, 0.1) is 5.92 Å². The highest BCUT2D eigenvalue weighted by Crippen LogP contribution is 2.04. The van der Waals surface area contributed by atoms with Crippen LogP contribution in [0.2, 0.25) is 0 Å². The Balaban J connectivity index is 4.36. The molecule has 2 unspecified atom stereocenters. The second-order valence-electron chi connectivity index (χ2n) is 3.49. The number of methoxy groups -OCH3 is 1. The van der Waals surface area contributed by atoms with Crippen LogP contribution >= 0.6 is 0 Å². The molecular formula is C10H19NO4. The van der Waals surface area contributed by atoms with Crippen LogP contribution < -0.4 is 0 Å². The van der Waals surface area contributed by atoms with Gasteiger partial charge in [0, 0.05) is 20.2 Å². The summed E-state index contributed by atoms with van der Waals surface area (Å²) in [4.78, 5) is 23.8. The predicted octanol–water partition coefficient (Wildman–Crippen LogP) is 0.590. The highest BCUT2D eigenvalue weighted by Gasteiger charge is 2.22. The maximum Gasteiger partial charge on any atom is 0.308 e. The SMILES string of the molecule is CCN(CC(C)C(=O)O)C(=O)C(C)OC. The van der Waals surface area contributed by atoms with Crippen LogP contribution in [0.3, 0.4) is 0 Å². The summed E-state index contributed by atoms with van der Waals surface area (Å²) in [7, 11) is 1.46. The van der Waals surface area contributed by atoms with E-state index in [0.717, 1.165) is 0 Å². The number of carbonyl (C=O) groups excluding carboxylic acids is 1. The molecule has 0 aromatic heterocycles. The minimum Gasteiger partial charge on any atom is -0.481 e. The second-order valence-corrected chi connectivity index (χ2v) is 3.49. The standard InChI is InChI=1S/C10H19NO4/c1-5-11(6-7(2)10(13)14)9(12)8(3)15-4/h7-8H,5-6H2,1-4H3,(H,13,14). The van der Waals surface area contributed by atoms with Gasteiger partial charge in [0.1, 0.15) is 6.10 Å². The van der Waals surface area contributed by atoms with Crippen molar-refractivity contribution < 1.29 is 19.4 Å². The van der Waals surface area contributed by atoms with Gasteiger partial charge in [-0.2, -0.15) is 0 Å². The largest absolute Gasteiger partial charge is 0.481 e. The highest BCUT2D eigenvalue weighted by molar-refractivity contribution is 5.81. The van der Waals surface area contributed by atoms with Crippen molar-refractivity contribution in [3.8, 4) is 0 Å². The molecule has 0 aliphatic rings. The number of amides is 1. The molecule has 5 nitrogen and oxygen atoms in total. The topological polar surface area (TPSA) is 66.8 Å². The molecule has 0 spiro atoms. The average Bonchev–Trinajstić information content (AvgIpc) is 2.23. The van der Waals surface area contributed by atoms with E-state index in [1.807, 2.05) is 6.92 Å². The van der Waals surface area contributed by atoms with E-state index in [-0.39, 0.29) is 12.5 Å². The quantitative estimate of drug-likeness (QED) is 0.707. The molecule has 0 saturated heterocycles. The molecule has 15 heavy (non-hydrogen) atoms. The normalized spacial score (nSPS) is 14.4. The van der Waals surface area contributed by atoms with Gasteiger partial charge in [-0.15, -0.1) is 0 Å². The average molecular weight is 217 g/mol. The van der Waals surface area contributed by atoms with E-state index in [0.29, 0.717) is 6.54 Å². The molecule has 0 aromatic carbocycles. The molecule has 0 saturated carbocycles. The van der Waals surface area contributed by atoms with E-state index < -0.39 is 18.0 Å². The maximum atomic E-state index is 11.7. The Labute approximate surface area is 90.0 Å². The number of ether oxygens (including phenoxy) is 1. The lowest BCUT2D eigenvalue weighted by molar-refractivity contribution is -0.145. The fourth-order valence-corrected chi connectivity index (χ4v) is 1.14. The molecule has 5 heteroatoms. The minimum absolute atomic E-state index is 0.173. The molecule has 0 radical (unpaired) electrons. The molecule has 0 aliphatic carbocycles. The van der Waals surface area contributed by atoms with E-state index in [1.54, 1.807) is 13.8 Å². The summed E-state index contributed by atoms with van der Waals surface area (Å²) in [6.07, 6.45) is -0.522. The van der Waals surface area contributed by atoms with Gasteiger partial charge in [-0.25, -0.2) is 0 Å². The second kappa shape index (κ2) is 6.40. The Hall–Kier alpha value is -1.10. The van der Waals surface area contributed by atoms with Gasteiger partial charge in [0.25, 0.3) is 5.91 Å². The van der Waals surface area contributed by atoms with Gasteiger partial charge < -0.3 is 14.7 Å². The number of carboxylic acids is 1. The molecule has 1 amide bonds. The van der Waals surface area contributed by atoms with Gasteiger partial charge in [-0.3, -0.25) is 9.59 Å². The Morgan fingerprint density at radius 1 is 1.40 bits per heavy atom. The summed E-state index contributed by atoms with van der Waals surface area (Å²) < 4.78 is 4.90. The van der Waals surface area contributed by atoms with Crippen molar-refractivity contribution in [2.45, 2.75) is 26.9 Å². The summed E-state index contributed by atoms with van der Waals surface area (Å²) in [5.74, 6) is -1.63. The third-order valence-electron chi connectivity index (χ3n) is 2.31. The van der Waals surface area contributed by atoms with Crippen LogP contribution in [-0.4, -0.2) is 48.2 Å². The first-order valence-corrected chi connectivity index (χ1v) is 4.98. The lowest BCUT2D eigenvalue weighted by Gasteiger charge is -2.25. The predicted molar refractivity (Wildman–Crippen MR) is 55.5 cm³/mol. The Morgan fingerprint density at radius 3 is 2.27 bits per heavy atom. The molecule has 88 valence electrons. The summed E-state index contributed by atoms with van der Waals surface area (Å²) in [5, 5.41) is 8.73. The zero-order chi connectivity index (χ0) is 12.0. The molecule has 0 heterocycles. The first-order chi connectivity index (χ1) is 6.93. The number of aliphatic carboxylic acids is 1. The highest BCUT2D eigenvalue weighted by atomic mass is 16.5. The van der Waals surface area contributed by atoms with Gasteiger partial charge in [-0.1, -0.05) is 6.92 Å². The van der Waals surface area contributed by atoms with E-state index in [9.17, 15) is 9.59 Å². The number of hydrogen-bond acceptors (Lipinski definition) is 3. The number of carbonyl (C=O) groups is 2. The third kappa shape index (κ3) is 4.29. The van der Waals surface area contributed by atoms with Crippen molar-refractivity contribution >= 4 is 11.9 Å². The first-order valence-electron chi connectivity index (χ1n) is 4.98. The maximum absolute atomic E-state index is 11.7. The molecule has 0 bridgehead atoms. The molecule has 2 atom stereocenters. The lowest BCUT2D eigenvalue weighted by atomic mass is 10.1. The Bertz CT molecular complexity index is 229. The smallest absolute Gasteiger partial charge is 0.308 e. The van der Waals surface area contributed by atoms with Crippen molar-refractivity contribution in [2.75, 3.05) is 20.2 Å². The first kappa shape index (κ1) is 13.9. The van der Waals surface area contributed by atoms with Crippen molar-refractivity contribution in [1.82, 2.24) is 4.90 Å². The van der Waals surface area contributed by atoms with Crippen LogP contribution in [-0.2, 0) is 14.3 Å². The molecule has 0 aliphatic heterocycles. The molecule has 0 fully saturated rings. The van der Waals surface area contributed by atoms with Gasteiger partial charge in [-0.05, 0) is 13.8 Å². The summed E-state index contributed by atoms with van der Waals surface area (Å²) in [6.45, 7) is 5.75. The summed E-state index contributed by atoms with van der Waals surface area (Å²) in [5.41, 5.74) is 0. The number of carboxylic acid groups (broad SMARTS) is 1. The number of likely N-dealkylation sites (N-methyl/N-ethyl adjacent to an activating group) is 1. The molecule has 1 N–H and O–H groups in total. The molecule has 0 rings (SSSR count). The van der Waals surface area contributed by atoms with Crippen molar-refractivity contribution in [1.29, 1.82) is 0 Å². The summed E-state index contributed by atoms with van der Waals surface area (Å²) >= 11 is 0. The van der Waals surface area contributed by atoms with Crippen LogP contribution in [0.25, 0.3) is 0 Å². The van der Waals surface area contributed by atoms with Crippen LogP contribution in [0.1, 0.15) is 20.8 Å². The van der Waals surface area contributed by atoms with E-state index >= 15 is 0 Å². The lowest BCUT2D eigenvalue weighted by Crippen LogP contribution is -2.42. The Morgan fingerprint density at radius 2 is 1.93 bits per heavy atom. The molecule has 0 aromatic rings. The Kier molecular flexibility index (Phi) is 5.93. The summed E-state index contributed by atoms with van der Waals surface area (Å²) in [6, 6.07) is 0. The van der Waals surface area contributed by atoms with E-state index in [4.69, 9.17) is 9.84 Å². The third-order valence-corrected chi connectivity index (χ3v) is 2.31. The van der Waals surface area contributed by atoms with E-state index in [1.165, 1.54) is 12.0 Å². The fourth-order valence-electron chi connectivity index (χ4n) is 1.14. The van der Waals surface area contributed by atoms with Gasteiger partial charge in [0.15, 0.2) is 0 Å². The van der Waals surface area contributed by atoms with Crippen LogP contribution in [0.5, 0.6) is 0 Å². The van der Waals surface area contributed by atoms with Crippen LogP contribution in [0.4, 0.5) is 0 Å². The van der Waals surface area contributed by atoms with Crippen LogP contribution in [0, 0.1) is 5.92 Å². The van der Waals surface area contributed by atoms with Gasteiger partial charge in [0.2, 0.25) is 0 Å². The number of nitrogens with zero attached hydrogens (tertiary/aromatic N) is 1. The van der Waals surface area contributed by atoms with Gasteiger partial charge >= 0.3 is 5.97 Å². The number of rotatable bonds is 6. The van der Waals surface area contributed by atoms with Crippen LogP contribution in [0.15, 0.2) is 0 Å². The van der Waals surface area contributed by atoms with Crippen molar-refractivity contribution in [3.05, 3.63) is 0 Å². The monoisotopic (exact) mass is 217 g/mol. The zero-order valence-electron chi connectivity index (χ0n) is 9.69. The fraction of sp³-hybridized carbons (Fsp3) is 0.800. The number of hydrogen-bond donors (Lipinski definition) is 1. The van der Waals surface area contributed by atoms with Crippen molar-refractivity contribution in [2.24, 2.45) is 5.92 Å².